The van der Waals surface area contributed by atoms with Gasteiger partial charge in [0.05, 0.1) is 5.69 Å². The maximum absolute atomic E-state index is 13.9. The van der Waals surface area contributed by atoms with Gasteiger partial charge < -0.3 is 5.73 Å². The van der Waals surface area contributed by atoms with E-state index in [1.54, 1.807) is 24.3 Å². The fourth-order valence-corrected chi connectivity index (χ4v) is 2.54. The number of nitrogens with zero attached hydrogens (tertiary/aromatic N) is 2. The number of hydrogen-bond donors (Lipinski definition) is 1. The van der Waals surface area contributed by atoms with Crippen LogP contribution in [-0.2, 0) is 6.42 Å². The van der Waals surface area contributed by atoms with E-state index in [1.165, 1.54) is 18.2 Å². The third kappa shape index (κ3) is 3.45. The summed E-state index contributed by atoms with van der Waals surface area (Å²) in [5.74, 6) is -0.494. The van der Waals surface area contributed by atoms with E-state index in [9.17, 15) is 17.6 Å². The molecule has 0 radical (unpaired) electrons. The summed E-state index contributed by atoms with van der Waals surface area (Å²) in [4.78, 5) is 7.94. The molecule has 0 saturated carbocycles. The van der Waals surface area contributed by atoms with Crippen LogP contribution in [0, 0.1) is 5.82 Å². The number of nitrogen functional groups attached to an aromatic ring is 1. The van der Waals surface area contributed by atoms with E-state index in [1.807, 2.05) is 0 Å². The Bertz CT molecular complexity index is 891. The molecule has 1 heterocycles. The number of nitrogens with two attached hydrogens (primary N) is 1. The first kappa shape index (κ1) is 16.2. The molecule has 0 atom stereocenters. The third-order valence-electron chi connectivity index (χ3n) is 3.61. The molecule has 0 spiro atoms. The highest BCUT2D eigenvalue weighted by molar-refractivity contribution is 5.96. The second kappa shape index (κ2) is 6.07. The predicted octanol–water partition coefficient (Wildman–Crippen LogP) is 4.51. The molecule has 0 aliphatic heterocycles. The zero-order chi connectivity index (χ0) is 17.3. The van der Waals surface area contributed by atoms with Crippen LogP contribution in [0.1, 0.15) is 12.1 Å². The van der Waals surface area contributed by atoms with Gasteiger partial charge in [-0.25, -0.2) is 14.4 Å². The van der Waals surface area contributed by atoms with E-state index in [4.69, 9.17) is 5.73 Å². The van der Waals surface area contributed by atoms with Crippen molar-refractivity contribution in [3.05, 3.63) is 54.0 Å². The number of halogens is 4. The third-order valence-corrected chi connectivity index (χ3v) is 3.61. The Morgan fingerprint density at radius 3 is 2.38 bits per heavy atom. The molecule has 24 heavy (non-hydrogen) atoms. The lowest BCUT2D eigenvalue weighted by molar-refractivity contribution is -0.134. The van der Waals surface area contributed by atoms with Crippen LogP contribution in [0.3, 0.4) is 0 Å². The van der Waals surface area contributed by atoms with Crippen molar-refractivity contribution < 1.29 is 17.6 Å². The smallest absolute Gasteiger partial charge is 0.368 e. The van der Waals surface area contributed by atoms with Crippen LogP contribution < -0.4 is 5.73 Å². The van der Waals surface area contributed by atoms with Crippen LogP contribution in [-0.4, -0.2) is 16.1 Å². The van der Waals surface area contributed by atoms with Gasteiger partial charge in [0.2, 0.25) is 5.95 Å². The van der Waals surface area contributed by atoms with Gasteiger partial charge in [-0.2, -0.15) is 13.2 Å². The number of aryl methyl sites for hydroxylation is 1. The molecule has 0 aliphatic rings. The van der Waals surface area contributed by atoms with Gasteiger partial charge in [0, 0.05) is 23.1 Å². The Balaban J connectivity index is 2.07. The molecule has 0 amide bonds. The van der Waals surface area contributed by atoms with Crippen molar-refractivity contribution in [3.63, 3.8) is 0 Å². The summed E-state index contributed by atoms with van der Waals surface area (Å²) >= 11 is 0. The fraction of sp³-hybridized carbons (Fsp3) is 0.176. The van der Waals surface area contributed by atoms with Crippen molar-refractivity contribution in [1.29, 1.82) is 0 Å². The number of rotatable bonds is 3. The lowest BCUT2D eigenvalue weighted by atomic mass is 10.0. The molecule has 3 rings (SSSR count). The van der Waals surface area contributed by atoms with Gasteiger partial charge in [-0.1, -0.05) is 24.3 Å². The van der Waals surface area contributed by atoms with E-state index in [-0.39, 0.29) is 23.9 Å². The molecule has 0 fully saturated rings. The van der Waals surface area contributed by atoms with E-state index < -0.39 is 12.6 Å². The van der Waals surface area contributed by atoms with Gasteiger partial charge >= 0.3 is 6.18 Å². The molecule has 2 N–H and O–H groups in total. The van der Waals surface area contributed by atoms with Crippen LogP contribution >= 0.6 is 0 Å². The largest absolute Gasteiger partial charge is 0.389 e. The Labute approximate surface area is 135 Å². The predicted molar refractivity (Wildman–Crippen MR) is 83.7 cm³/mol. The van der Waals surface area contributed by atoms with Gasteiger partial charge in [0.25, 0.3) is 0 Å². The summed E-state index contributed by atoms with van der Waals surface area (Å²) in [5.41, 5.74) is 6.79. The van der Waals surface area contributed by atoms with E-state index >= 15 is 0 Å². The second-order valence-corrected chi connectivity index (χ2v) is 5.36. The molecule has 0 bridgehead atoms. The Morgan fingerprint density at radius 1 is 0.958 bits per heavy atom. The van der Waals surface area contributed by atoms with Gasteiger partial charge in [-0.05, 0) is 30.0 Å². The number of aromatic nitrogens is 2. The standard InChI is InChI=1S/C17H13F4N3/c18-14-6-5-13(11-3-1-2-4-12(11)14)15-9-10(23-16(22)24-15)7-8-17(19,20)21/h1-6,9H,7-8H2,(H2,22,23,24). The van der Waals surface area contributed by atoms with Crippen LogP contribution in [0.15, 0.2) is 42.5 Å². The maximum atomic E-state index is 13.9. The molecule has 0 aliphatic carbocycles. The summed E-state index contributed by atoms with van der Waals surface area (Å²) < 4.78 is 51.1. The van der Waals surface area contributed by atoms with Gasteiger partial charge in [0.15, 0.2) is 0 Å². The highest BCUT2D eigenvalue weighted by atomic mass is 19.4. The van der Waals surface area contributed by atoms with Crippen molar-refractivity contribution in [1.82, 2.24) is 9.97 Å². The minimum Gasteiger partial charge on any atom is -0.368 e. The average Bonchev–Trinajstić information content (AvgIpc) is 2.52. The van der Waals surface area contributed by atoms with Crippen LogP contribution in [0.25, 0.3) is 22.0 Å². The first-order chi connectivity index (χ1) is 11.3. The minimum absolute atomic E-state index is 0.113. The molecule has 3 aromatic rings. The van der Waals surface area contributed by atoms with E-state index in [0.29, 0.717) is 22.0 Å². The summed E-state index contributed by atoms with van der Waals surface area (Å²) in [5, 5.41) is 1.02. The minimum atomic E-state index is -4.28. The topological polar surface area (TPSA) is 51.8 Å². The second-order valence-electron chi connectivity index (χ2n) is 5.36. The van der Waals surface area contributed by atoms with Crippen molar-refractivity contribution in [2.45, 2.75) is 19.0 Å². The van der Waals surface area contributed by atoms with Gasteiger partial charge in [-0.3, -0.25) is 0 Å². The first-order valence-electron chi connectivity index (χ1n) is 7.21. The summed E-state index contributed by atoms with van der Waals surface area (Å²) in [6.07, 6.45) is -5.56. The fourth-order valence-electron chi connectivity index (χ4n) is 2.54. The van der Waals surface area contributed by atoms with Crippen LogP contribution in [0.5, 0.6) is 0 Å². The lowest BCUT2D eigenvalue weighted by Gasteiger charge is -2.10. The highest BCUT2D eigenvalue weighted by Gasteiger charge is 2.27. The number of benzene rings is 2. The van der Waals surface area contributed by atoms with Gasteiger partial charge in [-0.15, -0.1) is 0 Å². The lowest BCUT2D eigenvalue weighted by Crippen LogP contribution is -2.10. The summed E-state index contributed by atoms with van der Waals surface area (Å²) in [6, 6.07) is 11.1. The van der Waals surface area contributed by atoms with E-state index in [2.05, 4.69) is 9.97 Å². The highest BCUT2D eigenvalue weighted by Crippen LogP contribution is 2.30. The normalized spacial score (nSPS) is 11.8. The SMILES string of the molecule is Nc1nc(CCC(F)(F)F)cc(-c2ccc(F)c3ccccc23)n1. The first-order valence-corrected chi connectivity index (χ1v) is 7.21. The Hall–Kier alpha value is -2.70. The number of alkyl halides is 3. The van der Waals surface area contributed by atoms with Crippen molar-refractivity contribution in [2.24, 2.45) is 0 Å². The number of hydrogen-bond acceptors (Lipinski definition) is 3. The monoisotopic (exact) mass is 335 g/mol. The molecular formula is C17H13F4N3. The zero-order valence-electron chi connectivity index (χ0n) is 12.4. The summed E-state index contributed by atoms with van der Waals surface area (Å²) in [6.45, 7) is 0. The van der Waals surface area contributed by atoms with Gasteiger partial charge in [0.1, 0.15) is 5.82 Å². The molecule has 1 aromatic heterocycles. The van der Waals surface area contributed by atoms with Crippen LogP contribution in [0.2, 0.25) is 0 Å². The van der Waals surface area contributed by atoms with Crippen LogP contribution in [0.4, 0.5) is 23.5 Å². The molecule has 124 valence electrons. The van der Waals surface area contributed by atoms with E-state index in [0.717, 1.165) is 0 Å². The molecule has 0 saturated heterocycles. The van der Waals surface area contributed by atoms with Crippen molar-refractivity contribution >= 4 is 16.7 Å². The average molecular weight is 335 g/mol. The van der Waals surface area contributed by atoms with Crippen molar-refractivity contribution in [2.75, 3.05) is 5.73 Å². The van der Waals surface area contributed by atoms with Crippen molar-refractivity contribution in [3.8, 4) is 11.3 Å². The zero-order valence-corrected chi connectivity index (χ0v) is 12.4. The Morgan fingerprint density at radius 2 is 1.67 bits per heavy atom. The maximum Gasteiger partial charge on any atom is 0.389 e. The molecule has 2 aromatic carbocycles. The number of fused-ring (bicyclic) bond motifs is 1. The summed E-state index contributed by atoms with van der Waals surface area (Å²) in [7, 11) is 0. The molecule has 7 heteroatoms. The molecule has 3 nitrogen and oxygen atoms in total. The quantitative estimate of drug-likeness (QED) is 0.716. The Kier molecular flexibility index (Phi) is 4.09. The molecular weight excluding hydrogens is 322 g/mol. The molecule has 0 unspecified atom stereocenters. The number of anilines is 1.